The molecule has 0 N–H and O–H groups in total. The Hall–Kier alpha value is -0.780. The minimum Gasteiger partial charge on any atom is -0.0807 e. The van der Waals surface area contributed by atoms with Gasteiger partial charge in [-0.25, -0.2) is 0 Å². The van der Waals surface area contributed by atoms with E-state index in [1.165, 1.54) is 24.8 Å². The predicted molar refractivity (Wildman–Crippen MR) is 57.5 cm³/mol. The number of hydrogen-bond acceptors (Lipinski definition) is 0. The second kappa shape index (κ2) is 3.53. The maximum absolute atomic E-state index is 2.47. The van der Waals surface area contributed by atoms with Crippen molar-refractivity contribution in [3.63, 3.8) is 0 Å². The summed E-state index contributed by atoms with van der Waals surface area (Å²) in [4.78, 5) is 0. The van der Waals surface area contributed by atoms with Crippen molar-refractivity contribution >= 4 is 0 Å². The van der Waals surface area contributed by atoms with Crippen LogP contribution in [0.5, 0.6) is 0 Å². The Morgan fingerprint density at radius 2 is 2.15 bits per heavy atom. The quantitative estimate of drug-likeness (QED) is 0.566. The zero-order valence-electron chi connectivity index (χ0n) is 8.59. The van der Waals surface area contributed by atoms with Gasteiger partial charge in [-0.2, -0.15) is 0 Å². The molecular weight excluding hydrogens is 156 g/mol. The Bertz CT molecular complexity index is 276. The summed E-state index contributed by atoms with van der Waals surface area (Å²) in [5.74, 6) is 1.41. The molecule has 0 aromatic heterocycles. The number of hydrogen-bond donors (Lipinski definition) is 0. The molecule has 0 bridgehead atoms. The van der Waals surface area contributed by atoms with E-state index in [0.717, 1.165) is 5.92 Å². The largest absolute Gasteiger partial charge is 0.0807 e. The van der Waals surface area contributed by atoms with Crippen molar-refractivity contribution in [2.45, 2.75) is 33.1 Å². The van der Waals surface area contributed by atoms with Crippen LogP contribution in [0.25, 0.3) is 0 Å². The Kier molecular flexibility index (Phi) is 2.39. The summed E-state index contributed by atoms with van der Waals surface area (Å²) >= 11 is 0. The molecule has 0 aromatic carbocycles. The molecule has 0 heterocycles. The first-order valence-electron chi connectivity index (χ1n) is 5.37. The van der Waals surface area contributed by atoms with Crippen LogP contribution in [0.2, 0.25) is 0 Å². The maximum atomic E-state index is 2.47. The van der Waals surface area contributed by atoms with E-state index < -0.39 is 0 Å². The topological polar surface area (TPSA) is 0 Å². The normalized spacial score (nSPS) is 26.8. The lowest BCUT2D eigenvalue weighted by molar-refractivity contribution is 0.596. The molecule has 0 radical (unpaired) electrons. The van der Waals surface area contributed by atoms with Crippen molar-refractivity contribution in [1.29, 1.82) is 0 Å². The van der Waals surface area contributed by atoms with Gasteiger partial charge in [0.2, 0.25) is 0 Å². The van der Waals surface area contributed by atoms with Crippen LogP contribution in [0, 0.1) is 11.8 Å². The van der Waals surface area contributed by atoms with Gasteiger partial charge in [0.15, 0.2) is 0 Å². The van der Waals surface area contributed by atoms with E-state index in [-0.39, 0.29) is 0 Å². The van der Waals surface area contributed by atoms with Gasteiger partial charge in [0.25, 0.3) is 0 Å². The number of allylic oxidation sites excluding steroid dienone is 6. The van der Waals surface area contributed by atoms with Crippen LogP contribution in [-0.4, -0.2) is 0 Å². The average molecular weight is 174 g/mol. The highest BCUT2D eigenvalue weighted by Crippen LogP contribution is 2.32. The highest BCUT2D eigenvalue weighted by Gasteiger charge is 2.17. The zero-order chi connectivity index (χ0) is 9.26. The van der Waals surface area contributed by atoms with Crippen LogP contribution in [0.1, 0.15) is 33.1 Å². The first kappa shape index (κ1) is 8.80. The smallest absolute Gasteiger partial charge is 0.00208 e. The standard InChI is InChI=1S/C13H18/c1-10(2)12-8-7-11-5-3-4-6-13(11)9-12/h5,7-10,13H,3-4,6H2,1-2H3. The van der Waals surface area contributed by atoms with Gasteiger partial charge in [-0.3, -0.25) is 0 Å². The molecule has 0 amide bonds. The van der Waals surface area contributed by atoms with Crippen molar-refractivity contribution in [3.05, 3.63) is 35.5 Å². The average Bonchev–Trinajstić information content (AvgIpc) is 2.17. The first-order chi connectivity index (χ1) is 6.27. The van der Waals surface area contributed by atoms with E-state index in [4.69, 9.17) is 0 Å². The molecule has 13 heavy (non-hydrogen) atoms. The molecule has 0 spiro atoms. The fourth-order valence-electron chi connectivity index (χ4n) is 2.16. The highest BCUT2D eigenvalue weighted by molar-refractivity contribution is 5.39. The molecule has 0 fully saturated rings. The molecule has 0 aliphatic heterocycles. The van der Waals surface area contributed by atoms with Crippen molar-refractivity contribution in [2.75, 3.05) is 0 Å². The molecule has 0 aromatic rings. The zero-order valence-corrected chi connectivity index (χ0v) is 8.59. The van der Waals surface area contributed by atoms with Crippen LogP contribution in [0.4, 0.5) is 0 Å². The Balaban J connectivity index is 2.22. The van der Waals surface area contributed by atoms with Crippen LogP contribution in [0.15, 0.2) is 35.5 Å². The van der Waals surface area contributed by atoms with E-state index in [0.29, 0.717) is 5.92 Å². The van der Waals surface area contributed by atoms with E-state index in [1.54, 1.807) is 5.57 Å². The number of fused-ring (bicyclic) bond motifs is 1. The van der Waals surface area contributed by atoms with Crippen LogP contribution < -0.4 is 0 Å². The molecule has 70 valence electrons. The summed E-state index contributed by atoms with van der Waals surface area (Å²) < 4.78 is 0. The number of rotatable bonds is 1. The van der Waals surface area contributed by atoms with E-state index in [2.05, 4.69) is 38.2 Å². The van der Waals surface area contributed by atoms with Gasteiger partial charge in [0, 0.05) is 5.92 Å². The van der Waals surface area contributed by atoms with Crippen molar-refractivity contribution < 1.29 is 0 Å². The Labute approximate surface area is 81.0 Å². The summed E-state index contributed by atoms with van der Waals surface area (Å²) in [6, 6.07) is 0. The van der Waals surface area contributed by atoms with Crippen LogP contribution in [-0.2, 0) is 0 Å². The second-order valence-electron chi connectivity index (χ2n) is 4.40. The molecule has 2 aliphatic rings. The van der Waals surface area contributed by atoms with Crippen molar-refractivity contribution in [1.82, 2.24) is 0 Å². The van der Waals surface area contributed by atoms with E-state index in [1.807, 2.05) is 0 Å². The molecular formula is C13H18. The molecule has 2 rings (SSSR count). The summed E-state index contributed by atoms with van der Waals surface area (Å²) in [5.41, 5.74) is 3.07. The molecule has 0 saturated heterocycles. The Morgan fingerprint density at radius 3 is 2.92 bits per heavy atom. The molecule has 0 heteroatoms. The van der Waals surface area contributed by atoms with Gasteiger partial charge in [0.05, 0.1) is 0 Å². The van der Waals surface area contributed by atoms with Gasteiger partial charge in [-0.05, 0) is 36.3 Å². The van der Waals surface area contributed by atoms with Crippen molar-refractivity contribution in [2.24, 2.45) is 11.8 Å². The van der Waals surface area contributed by atoms with Gasteiger partial charge in [0.1, 0.15) is 0 Å². The molecule has 0 nitrogen and oxygen atoms in total. The molecule has 2 aliphatic carbocycles. The summed E-state index contributed by atoms with van der Waals surface area (Å²) in [7, 11) is 0. The van der Waals surface area contributed by atoms with Crippen molar-refractivity contribution in [3.8, 4) is 0 Å². The summed E-state index contributed by atoms with van der Waals surface area (Å²) in [6.45, 7) is 4.54. The van der Waals surface area contributed by atoms with Gasteiger partial charge in [-0.15, -0.1) is 0 Å². The molecule has 1 atom stereocenters. The van der Waals surface area contributed by atoms with Crippen LogP contribution >= 0.6 is 0 Å². The van der Waals surface area contributed by atoms with Gasteiger partial charge in [-0.1, -0.05) is 38.2 Å². The first-order valence-corrected chi connectivity index (χ1v) is 5.37. The second-order valence-corrected chi connectivity index (χ2v) is 4.40. The Morgan fingerprint density at radius 1 is 1.31 bits per heavy atom. The predicted octanol–water partition coefficient (Wildman–Crippen LogP) is 3.87. The molecule has 1 unspecified atom stereocenters. The molecule has 0 saturated carbocycles. The SMILES string of the molecule is CC(C)C1=CC2CCCC=C2C=C1. The highest BCUT2D eigenvalue weighted by atomic mass is 14.2. The van der Waals surface area contributed by atoms with Gasteiger partial charge >= 0.3 is 0 Å². The lowest BCUT2D eigenvalue weighted by Gasteiger charge is -2.24. The third-order valence-electron chi connectivity index (χ3n) is 3.06. The lowest BCUT2D eigenvalue weighted by atomic mass is 9.81. The fourth-order valence-corrected chi connectivity index (χ4v) is 2.16. The minimum absolute atomic E-state index is 0.680. The monoisotopic (exact) mass is 174 g/mol. The van der Waals surface area contributed by atoms with Gasteiger partial charge < -0.3 is 0 Å². The summed E-state index contributed by atoms with van der Waals surface area (Å²) in [5, 5.41) is 0. The van der Waals surface area contributed by atoms with E-state index in [9.17, 15) is 0 Å². The maximum Gasteiger partial charge on any atom is 0.00208 e. The lowest BCUT2D eigenvalue weighted by Crippen LogP contribution is -2.09. The minimum atomic E-state index is 0.680. The fraction of sp³-hybridized carbons (Fsp3) is 0.538. The summed E-state index contributed by atoms with van der Waals surface area (Å²) in [6.07, 6.45) is 13.5. The third kappa shape index (κ3) is 1.77. The van der Waals surface area contributed by atoms with E-state index >= 15 is 0 Å². The third-order valence-corrected chi connectivity index (χ3v) is 3.06. The van der Waals surface area contributed by atoms with Crippen LogP contribution in [0.3, 0.4) is 0 Å².